The Morgan fingerprint density at radius 3 is 2.45 bits per heavy atom. The second-order valence-electron chi connectivity index (χ2n) is 4.44. The number of methoxy groups -OCH3 is 1. The van der Waals surface area contributed by atoms with Crippen molar-refractivity contribution in [2.75, 3.05) is 12.4 Å². The summed E-state index contributed by atoms with van der Waals surface area (Å²) in [6.45, 7) is 4.30. The molecule has 0 unspecified atom stereocenters. The van der Waals surface area contributed by atoms with Crippen molar-refractivity contribution in [3.63, 3.8) is 0 Å². The van der Waals surface area contributed by atoms with Gasteiger partial charge in [-0.05, 0) is 37.2 Å². The summed E-state index contributed by atoms with van der Waals surface area (Å²) in [6, 6.07) is 7.64. The molecule has 5 heteroatoms. The van der Waals surface area contributed by atoms with Crippen molar-refractivity contribution in [2.45, 2.75) is 39.5 Å². The first-order valence-corrected chi connectivity index (χ1v) is 7.37. The van der Waals surface area contributed by atoms with E-state index in [-0.39, 0.29) is 0 Å². The molecule has 0 heterocycles. The van der Waals surface area contributed by atoms with Crippen LogP contribution in [-0.2, 0) is 0 Å². The van der Waals surface area contributed by atoms with Crippen LogP contribution in [0.3, 0.4) is 0 Å². The predicted octanol–water partition coefficient (Wildman–Crippen LogP) is 3.94. The quantitative estimate of drug-likeness (QED) is 0.454. The number of anilines is 1. The highest BCUT2D eigenvalue weighted by Gasteiger charge is 2.03. The summed E-state index contributed by atoms with van der Waals surface area (Å²) >= 11 is 5.25. The molecule has 0 saturated carbocycles. The van der Waals surface area contributed by atoms with Crippen LogP contribution in [-0.4, -0.2) is 17.9 Å². The van der Waals surface area contributed by atoms with Gasteiger partial charge in [0.1, 0.15) is 5.75 Å². The average molecular weight is 293 g/mol. The second-order valence-corrected chi connectivity index (χ2v) is 4.85. The molecule has 0 aliphatic rings. The van der Waals surface area contributed by atoms with Gasteiger partial charge in [-0.15, -0.1) is 0 Å². The molecule has 0 atom stereocenters. The zero-order valence-electron chi connectivity index (χ0n) is 12.4. The molecule has 20 heavy (non-hydrogen) atoms. The molecular weight excluding hydrogens is 270 g/mol. The Morgan fingerprint density at radius 2 is 1.85 bits per heavy atom. The van der Waals surface area contributed by atoms with E-state index in [1.165, 1.54) is 0 Å². The van der Waals surface area contributed by atoms with Crippen molar-refractivity contribution in [3.05, 3.63) is 24.3 Å². The number of hydrogen-bond donors (Lipinski definition) is 2. The highest BCUT2D eigenvalue weighted by Crippen LogP contribution is 2.22. The number of ether oxygens (including phenoxy) is 1. The molecule has 0 aliphatic carbocycles. The Balaban J connectivity index is 2.60. The minimum absolute atomic E-state index is 0.471. The number of nitrogens with zero attached hydrogens (tertiary/aromatic N) is 1. The summed E-state index contributed by atoms with van der Waals surface area (Å²) in [5.41, 5.74) is 4.89. The molecular formula is C15H23N3OS. The van der Waals surface area contributed by atoms with Gasteiger partial charge < -0.3 is 10.1 Å². The number of hydrogen-bond acceptors (Lipinski definition) is 3. The fourth-order valence-corrected chi connectivity index (χ4v) is 2.00. The van der Waals surface area contributed by atoms with Crippen LogP contribution < -0.4 is 15.5 Å². The van der Waals surface area contributed by atoms with Crippen LogP contribution in [0.15, 0.2) is 29.4 Å². The molecule has 0 aliphatic heterocycles. The number of para-hydroxylation sites is 2. The normalized spacial score (nSPS) is 9.75. The van der Waals surface area contributed by atoms with Crippen LogP contribution in [0, 0.1) is 0 Å². The molecule has 110 valence electrons. The molecule has 0 spiro atoms. The molecule has 0 bridgehead atoms. The van der Waals surface area contributed by atoms with Crippen LogP contribution in [0.5, 0.6) is 5.75 Å². The molecule has 4 nitrogen and oxygen atoms in total. The van der Waals surface area contributed by atoms with Gasteiger partial charge >= 0.3 is 0 Å². The Morgan fingerprint density at radius 1 is 1.20 bits per heavy atom. The lowest BCUT2D eigenvalue weighted by Crippen LogP contribution is -2.25. The summed E-state index contributed by atoms with van der Waals surface area (Å²) in [5.74, 6) is 0.753. The molecule has 0 saturated heterocycles. The summed E-state index contributed by atoms with van der Waals surface area (Å²) in [4.78, 5) is 0. The first kappa shape index (κ1) is 16.4. The van der Waals surface area contributed by atoms with Gasteiger partial charge in [-0.25, -0.2) is 0 Å². The molecule has 2 N–H and O–H groups in total. The van der Waals surface area contributed by atoms with E-state index >= 15 is 0 Å². The molecule has 0 fully saturated rings. The Kier molecular flexibility index (Phi) is 7.65. The van der Waals surface area contributed by atoms with Crippen molar-refractivity contribution in [2.24, 2.45) is 5.10 Å². The number of hydrazone groups is 1. The van der Waals surface area contributed by atoms with Gasteiger partial charge in [0.2, 0.25) is 0 Å². The van der Waals surface area contributed by atoms with Crippen LogP contribution >= 0.6 is 12.2 Å². The fraction of sp³-hybridized carbons (Fsp3) is 0.467. The van der Waals surface area contributed by atoms with Gasteiger partial charge in [-0.3, -0.25) is 5.43 Å². The lowest BCUT2D eigenvalue weighted by Gasteiger charge is -2.12. The summed E-state index contributed by atoms with van der Waals surface area (Å²) in [5, 5.41) is 7.94. The third kappa shape index (κ3) is 5.57. The Labute approximate surface area is 126 Å². The van der Waals surface area contributed by atoms with E-state index in [0.717, 1.165) is 42.8 Å². The van der Waals surface area contributed by atoms with Gasteiger partial charge in [-0.1, -0.05) is 38.8 Å². The number of rotatable bonds is 7. The maximum atomic E-state index is 5.26. The van der Waals surface area contributed by atoms with Gasteiger partial charge in [-0.2, -0.15) is 5.10 Å². The van der Waals surface area contributed by atoms with Gasteiger partial charge in [0.25, 0.3) is 0 Å². The summed E-state index contributed by atoms with van der Waals surface area (Å²) in [6.07, 6.45) is 4.18. The summed E-state index contributed by atoms with van der Waals surface area (Å²) in [7, 11) is 1.63. The molecule has 0 radical (unpaired) electrons. The number of thiocarbonyl (C=S) groups is 1. The summed E-state index contributed by atoms with van der Waals surface area (Å²) < 4.78 is 5.26. The molecule has 0 aromatic heterocycles. The Hall–Kier alpha value is -1.62. The first-order valence-electron chi connectivity index (χ1n) is 6.96. The zero-order valence-corrected chi connectivity index (χ0v) is 13.2. The van der Waals surface area contributed by atoms with Crippen molar-refractivity contribution in [1.29, 1.82) is 0 Å². The number of benzene rings is 1. The lowest BCUT2D eigenvalue weighted by atomic mass is 10.1. The van der Waals surface area contributed by atoms with Crippen LogP contribution in [0.4, 0.5) is 5.69 Å². The SMILES string of the molecule is CCCC(CCC)=NNC(=S)Nc1ccccc1OC. The highest BCUT2D eigenvalue weighted by atomic mass is 32.1. The van der Waals surface area contributed by atoms with E-state index in [0.29, 0.717) is 5.11 Å². The minimum atomic E-state index is 0.471. The van der Waals surface area contributed by atoms with Crippen molar-refractivity contribution in [1.82, 2.24) is 5.43 Å². The molecule has 1 rings (SSSR count). The molecule has 0 amide bonds. The molecule has 1 aromatic carbocycles. The molecule has 1 aromatic rings. The van der Waals surface area contributed by atoms with Gasteiger partial charge in [0, 0.05) is 5.71 Å². The maximum absolute atomic E-state index is 5.26. The fourth-order valence-electron chi connectivity index (χ4n) is 1.84. The predicted molar refractivity (Wildman–Crippen MR) is 89.6 cm³/mol. The van der Waals surface area contributed by atoms with Crippen LogP contribution in [0.1, 0.15) is 39.5 Å². The monoisotopic (exact) mass is 293 g/mol. The highest BCUT2D eigenvalue weighted by molar-refractivity contribution is 7.80. The topological polar surface area (TPSA) is 45.7 Å². The van der Waals surface area contributed by atoms with Gasteiger partial charge in [0.05, 0.1) is 12.8 Å². The third-order valence-electron chi connectivity index (χ3n) is 2.75. The van der Waals surface area contributed by atoms with E-state index in [1.54, 1.807) is 7.11 Å². The lowest BCUT2D eigenvalue weighted by molar-refractivity contribution is 0.417. The minimum Gasteiger partial charge on any atom is -0.495 e. The second kappa shape index (κ2) is 9.31. The van der Waals surface area contributed by atoms with E-state index in [9.17, 15) is 0 Å². The van der Waals surface area contributed by atoms with Crippen LogP contribution in [0.2, 0.25) is 0 Å². The van der Waals surface area contributed by atoms with Crippen molar-refractivity contribution >= 4 is 28.7 Å². The van der Waals surface area contributed by atoms with E-state index < -0.39 is 0 Å². The largest absolute Gasteiger partial charge is 0.495 e. The number of nitrogens with one attached hydrogen (secondary N) is 2. The third-order valence-corrected chi connectivity index (χ3v) is 2.94. The van der Waals surface area contributed by atoms with Crippen molar-refractivity contribution < 1.29 is 4.74 Å². The van der Waals surface area contributed by atoms with E-state index in [4.69, 9.17) is 17.0 Å². The average Bonchev–Trinajstić information content (AvgIpc) is 2.46. The van der Waals surface area contributed by atoms with E-state index in [2.05, 4.69) is 29.7 Å². The standard InChI is InChI=1S/C15H23N3OS/c1-4-8-12(9-5-2)17-18-15(20)16-13-10-6-7-11-14(13)19-3/h6-7,10-11H,4-5,8-9H2,1-3H3,(H2,16,18,20). The van der Waals surface area contributed by atoms with E-state index in [1.807, 2.05) is 24.3 Å². The Bertz CT molecular complexity index is 452. The van der Waals surface area contributed by atoms with Gasteiger partial charge in [0.15, 0.2) is 5.11 Å². The first-order chi connectivity index (χ1) is 9.71. The maximum Gasteiger partial charge on any atom is 0.191 e. The van der Waals surface area contributed by atoms with Crippen LogP contribution in [0.25, 0.3) is 0 Å². The zero-order chi connectivity index (χ0) is 14.8. The smallest absolute Gasteiger partial charge is 0.191 e. The van der Waals surface area contributed by atoms with Crippen molar-refractivity contribution in [3.8, 4) is 5.75 Å².